The van der Waals surface area contributed by atoms with E-state index in [2.05, 4.69) is 5.32 Å². The normalized spacial score (nSPS) is 11.2. The number of primary amides is 1. The van der Waals surface area contributed by atoms with Gasteiger partial charge in [0.15, 0.2) is 0 Å². The second kappa shape index (κ2) is 8.41. The Morgan fingerprint density at radius 2 is 1.53 bits per heavy atom. The van der Waals surface area contributed by atoms with Crippen LogP contribution in [0.25, 0.3) is 0 Å². The van der Waals surface area contributed by atoms with Gasteiger partial charge in [0.2, 0.25) is 5.91 Å². The minimum Gasteiger partial charge on any atom is -0.366 e. The second-order valence-electron chi connectivity index (χ2n) is 6.80. The summed E-state index contributed by atoms with van der Waals surface area (Å²) in [5.74, 6) is -1.61. The monoisotopic (exact) mass is 412 g/mol. The topological polar surface area (TPSA) is 72.2 Å². The number of alkyl halides is 3. The molecular weight excluding hydrogens is 393 g/mol. The molecule has 0 fully saturated rings. The smallest absolute Gasteiger partial charge is 0.366 e. The van der Waals surface area contributed by atoms with Gasteiger partial charge in [-0.15, -0.1) is 0 Å². The molecule has 0 aliphatic carbocycles. The van der Waals surface area contributed by atoms with E-state index in [1.165, 1.54) is 30.3 Å². The highest BCUT2D eigenvalue weighted by Gasteiger charge is 2.35. The maximum atomic E-state index is 13.3. The molecule has 0 aromatic heterocycles. The lowest BCUT2D eigenvalue weighted by atomic mass is 9.95. The average molecular weight is 412 g/mol. The van der Waals surface area contributed by atoms with Crippen molar-refractivity contribution >= 4 is 17.5 Å². The maximum Gasteiger partial charge on any atom is 0.417 e. The lowest BCUT2D eigenvalue weighted by Gasteiger charge is -2.17. The van der Waals surface area contributed by atoms with Gasteiger partial charge in [-0.2, -0.15) is 13.2 Å². The summed E-state index contributed by atoms with van der Waals surface area (Å²) in [7, 11) is 0. The van der Waals surface area contributed by atoms with Crippen molar-refractivity contribution in [2.24, 2.45) is 5.73 Å². The van der Waals surface area contributed by atoms with Crippen LogP contribution >= 0.6 is 0 Å². The van der Waals surface area contributed by atoms with E-state index in [9.17, 15) is 22.8 Å². The molecule has 154 valence electrons. The predicted octanol–water partition coefficient (Wildman–Crippen LogP) is 4.96. The van der Waals surface area contributed by atoms with Gasteiger partial charge in [-0.25, -0.2) is 0 Å². The van der Waals surface area contributed by atoms with Gasteiger partial charge < -0.3 is 11.1 Å². The van der Waals surface area contributed by atoms with Crippen LogP contribution in [0.2, 0.25) is 0 Å². The van der Waals surface area contributed by atoms with Gasteiger partial charge in [-0.1, -0.05) is 42.5 Å². The third-order valence-electron chi connectivity index (χ3n) is 4.80. The molecule has 0 saturated carbocycles. The molecule has 0 atom stereocenters. The first-order valence-corrected chi connectivity index (χ1v) is 9.12. The molecule has 7 heteroatoms. The average Bonchev–Trinajstić information content (AvgIpc) is 2.70. The molecule has 0 radical (unpaired) electrons. The molecule has 3 aromatic carbocycles. The van der Waals surface area contributed by atoms with E-state index in [1.807, 2.05) is 31.2 Å². The van der Waals surface area contributed by atoms with Gasteiger partial charge in [0, 0.05) is 17.7 Å². The van der Waals surface area contributed by atoms with Crippen molar-refractivity contribution < 1.29 is 22.8 Å². The highest BCUT2D eigenvalue weighted by atomic mass is 19.4. The molecule has 30 heavy (non-hydrogen) atoms. The quantitative estimate of drug-likeness (QED) is 0.622. The number of benzene rings is 3. The summed E-state index contributed by atoms with van der Waals surface area (Å²) in [6.07, 6.45) is -4.39. The molecule has 0 bridgehead atoms. The van der Waals surface area contributed by atoms with Crippen LogP contribution < -0.4 is 11.1 Å². The van der Waals surface area contributed by atoms with Gasteiger partial charge in [0.25, 0.3) is 5.91 Å². The van der Waals surface area contributed by atoms with E-state index in [0.29, 0.717) is 5.56 Å². The van der Waals surface area contributed by atoms with Crippen molar-refractivity contribution in [3.05, 3.63) is 100 Å². The van der Waals surface area contributed by atoms with Crippen LogP contribution in [0.15, 0.2) is 66.7 Å². The third-order valence-corrected chi connectivity index (χ3v) is 4.80. The maximum absolute atomic E-state index is 13.3. The van der Waals surface area contributed by atoms with E-state index >= 15 is 0 Å². The number of halogens is 3. The van der Waals surface area contributed by atoms with Crippen molar-refractivity contribution in [3.63, 3.8) is 0 Å². The third kappa shape index (κ3) is 4.51. The van der Waals surface area contributed by atoms with Crippen LogP contribution in [-0.2, 0) is 12.6 Å². The molecule has 3 N–H and O–H groups in total. The van der Waals surface area contributed by atoms with E-state index in [4.69, 9.17) is 5.73 Å². The summed E-state index contributed by atoms with van der Waals surface area (Å²) in [5.41, 5.74) is 6.70. The molecule has 3 aromatic rings. The highest BCUT2D eigenvalue weighted by Crippen LogP contribution is 2.33. The van der Waals surface area contributed by atoms with Crippen molar-refractivity contribution in [1.82, 2.24) is 0 Å². The number of amides is 2. The molecule has 0 aliphatic heterocycles. The predicted molar refractivity (Wildman–Crippen MR) is 108 cm³/mol. The van der Waals surface area contributed by atoms with Gasteiger partial charge in [-0.3, -0.25) is 9.59 Å². The first kappa shape index (κ1) is 21.1. The van der Waals surface area contributed by atoms with Crippen molar-refractivity contribution in [1.29, 1.82) is 0 Å². The van der Waals surface area contributed by atoms with Gasteiger partial charge in [0.05, 0.1) is 11.1 Å². The Kier molecular flexibility index (Phi) is 5.91. The Morgan fingerprint density at radius 1 is 0.900 bits per heavy atom. The number of aryl methyl sites for hydroxylation is 1. The summed E-state index contributed by atoms with van der Waals surface area (Å²) in [5, 5.41) is 2.53. The summed E-state index contributed by atoms with van der Waals surface area (Å²) < 4.78 is 39.9. The van der Waals surface area contributed by atoms with Crippen LogP contribution in [0.3, 0.4) is 0 Å². The number of hydrogen-bond donors (Lipinski definition) is 2. The molecule has 0 aliphatic rings. The lowest BCUT2D eigenvalue weighted by Crippen LogP contribution is -2.21. The summed E-state index contributed by atoms with van der Waals surface area (Å²) in [6, 6.07) is 16.6. The highest BCUT2D eigenvalue weighted by molar-refractivity contribution is 6.07. The number of rotatable bonds is 5. The molecule has 2 amide bonds. The van der Waals surface area contributed by atoms with Gasteiger partial charge in [0.1, 0.15) is 0 Å². The number of anilines is 1. The number of nitrogens with one attached hydrogen (secondary N) is 1. The lowest BCUT2D eigenvalue weighted by molar-refractivity contribution is -0.137. The molecule has 0 saturated heterocycles. The molecule has 0 spiro atoms. The Bertz CT molecular complexity index is 1110. The van der Waals surface area contributed by atoms with Crippen molar-refractivity contribution in [2.45, 2.75) is 19.5 Å². The summed E-state index contributed by atoms with van der Waals surface area (Å²) in [6.45, 7) is 1.90. The van der Waals surface area contributed by atoms with Gasteiger partial charge >= 0.3 is 6.18 Å². The summed E-state index contributed by atoms with van der Waals surface area (Å²) in [4.78, 5) is 24.7. The molecule has 4 nitrogen and oxygen atoms in total. The Morgan fingerprint density at radius 3 is 2.20 bits per heavy atom. The standard InChI is InChI=1S/C23H19F3N2O2/c1-14-7-2-3-8-15(14)13-18-16(21(27)29)10-6-12-20(18)28-22(30)17-9-4-5-11-19(17)23(24,25)26/h2-12H,13H2,1H3,(H2,27,29)(H,28,30). The first-order chi connectivity index (χ1) is 14.2. The van der Waals surface area contributed by atoms with E-state index in [1.54, 1.807) is 0 Å². The van der Waals surface area contributed by atoms with E-state index in [0.717, 1.165) is 23.3 Å². The number of carbonyl (C=O) groups is 2. The minimum atomic E-state index is -4.67. The second-order valence-corrected chi connectivity index (χ2v) is 6.80. The van der Waals surface area contributed by atoms with Crippen LogP contribution in [-0.4, -0.2) is 11.8 Å². The zero-order valence-electron chi connectivity index (χ0n) is 16.1. The fraction of sp³-hybridized carbons (Fsp3) is 0.130. The Hall–Kier alpha value is -3.61. The van der Waals surface area contributed by atoms with E-state index < -0.39 is 29.1 Å². The molecule has 3 rings (SSSR count). The van der Waals surface area contributed by atoms with Crippen LogP contribution in [0.5, 0.6) is 0 Å². The van der Waals surface area contributed by atoms with Crippen LogP contribution in [0.4, 0.5) is 18.9 Å². The molecule has 0 unspecified atom stereocenters. The van der Waals surface area contributed by atoms with Gasteiger partial charge in [-0.05, 0) is 47.9 Å². The largest absolute Gasteiger partial charge is 0.417 e. The number of carbonyl (C=O) groups excluding carboxylic acids is 2. The van der Waals surface area contributed by atoms with Crippen molar-refractivity contribution in [2.75, 3.05) is 5.32 Å². The molecular formula is C23H19F3N2O2. The van der Waals surface area contributed by atoms with Crippen LogP contribution in [0.1, 0.15) is 43.0 Å². The minimum absolute atomic E-state index is 0.195. The van der Waals surface area contributed by atoms with Crippen LogP contribution in [0, 0.1) is 6.92 Å². The zero-order chi connectivity index (χ0) is 21.9. The fourth-order valence-electron chi connectivity index (χ4n) is 3.24. The SMILES string of the molecule is Cc1ccccc1Cc1c(NC(=O)c2ccccc2C(F)(F)F)cccc1C(N)=O. The zero-order valence-corrected chi connectivity index (χ0v) is 16.1. The summed E-state index contributed by atoms with van der Waals surface area (Å²) >= 11 is 0. The molecule has 0 heterocycles. The van der Waals surface area contributed by atoms with E-state index in [-0.39, 0.29) is 17.7 Å². The number of nitrogens with two attached hydrogens (primary N) is 1. The fourth-order valence-corrected chi connectivity index (χ4v) is 3.24. The van der Waals surface area contributed by atoms with Crippen molar-refractivity contribution in [3.8, 4) is 0 Å². The Labute approximate surface area is 171 Å². The number of hydrogen-bond acceptors (Lipinski definition) is 2. The first-order valence-electron chi connectivity index (χ1n) is 9.12. The Balaban J connectivity index is 2.03.